The first kappa shape index (κ1) is 10.1. The highest BCUT2D eigenvalue weighted by atomic mass is 35.5. The van der Waals surface area contributed by atoms with Gasteiger partial charge >= 0.3 is 0 Å². The minimum atomic E-state index is 0.612. The Morgan fingerprint density at radius 2 is 2.08 bits per heavy atom. The zero-order valence-electron chi connectivity index (χ0n) is 7.41. The third-order valence-electron chi connectivity index (χ3n) is 1.56. The van der Waals surface area contributed by atoms with Crippen LogP contribution in [0.2, 0.25) is 0 Å². The van der Waals surface area contributed by atoms with Gasteiger partial charge in [-0.15, -0.1) is 11.6 Å². The van der Waals surface area contributed by atoms with Gasteiger partial charge in [0.1, 0.15) is 0 Å². The molecule has 0 bridgehead atoms. The molecule has 0 aliphatic carbocycles. The van der Waals surface area contributed by atoms with Gasteiger partial charge in [-0.25, -0.2) is 0 Å². The molecule has 0 fully saturated rings. The molecule has 0 unspecified atom stereocenters. The lowest BCUT2D eigenvalue weighted by Gasteiger charge is -1.88. The van der Waals surface area contributed by atoms with Crippen molar-refractivity contribution < 1.29 is 0 Å². The third-order valence-corrected chi connectivity index (χ3v) is 1.87. The summed E-state index contributed by atoms with van der Waals surface area (Å²) in [5, 5.41) is 2.93. The van der Waals surface area contributed by atoms with Gasteiger partial charge in [0.25, 0.3) is 0 Å². The molecule has 2 rings (SSSR count). The van der Waals surface area contributed by atoms with Crippen LogP contribution in [0.15, 0.2) is 35.3 Å². The number of alkyl halides is 1. The van der Waals surface area contributed by atoms with E-state index in [1.54, 1.807) is 6.34 Å². The van der Waals surface area contributed by atoms with Crippen LogP contribution in [-0.2, 0) is 5.88 Å². The van der Waals surface area contributed by atoms with Crippen molar-refractivity contribution in [2.24, 2.45) is 4.99 Å². The Kier molecular flexibility index (Phi) is 5.02. The third kappa shape index (κ3) is 4.53. The summed E-state index contributed by atoms with van der Waals surface area (Å²) in [6.45, 7) is 1.99. The predicted molar refractivity (Wildman–Crippen MR) is 57.4 cm³/mol. The lowest BCUT2D eigenvalue weighted by atomic mass is 10.2. The lowest BCUT2D eigenvalue weighted by Crippen LogP contribution is -2.04. The summed E-state index contributed by atoms with van der Waals surface area (Å²) < 4.78 is 0. The second kappa shape index (κ2) is 6.49. The molecule has 0 radical (unpaired) electrons. The molecular formula is C10H13ClN2. The van der Waals surface area contributed by atoms with Crippen molar-refractivity contribution in [3.63, 3.8) is 0 Å². The zero-order valence-corrected chi connectivity index (χ0v) is 8.17. The number of hydrogen-bond acceptors (Lipinski definition) is 2. The number of rotatable bonds is 1. The molecule has 1 aliphatic rings. The van der Waals surface area contributed by atoms with Gasteiger partial charge in [0.2, 0.25) is 0 Å². The van der Waals surface area contributed by atoms with Crippen LogP contribution in [0.25, 0.3) is 0 Å². The van der Waals surface area contributed by atoms with Crippen LogP contribution in [0.3, 0.4) is 0 Å². The lowest BCUT2D eigenvalue weighted by molar-refractivity contribution is 0.965. The van der Waals surface area contributed by atoms with Crippen molar-refractivity contribution in [1.29, 1.82) is 0 Å². The first-order chi connectivity index (χ1) is 6.43. The average molecular weight is 197 g/mol. The number of nitrogens with one attached hydrogen (secondary N) is 1. The molecule has 3 heteroatoms. The maximum absolute atomic E-state index is 5.53. The zero-order chi connectivity index (χ0) is 9.36. The molecule has 0 saturated heterocycles. The molecule has 2 nitrogen and oxygen atoms in total. The largest absolute Gasteiger partial charge is 0.375 e. The molecule has 0 aromatic heterocycles. The van der Waals surface area contributed by atoms with Crippen LogP contribution in [0.5, 0.6) is 0 Å². The number of halogens is 1. The van der Waals surface area contributed by atoms with E-state index in [1.165, 1.54) is 5.56 Å². The smallest absolute Gasteiger partial charge is 0.0825 e. The van der Waals surface area contributed by atoms with E-state index in [1.807, 2.05) is 30.3 Å². The van der Waals surface area contributed by atoms with Gasteiger partial charge < -0.3 is 5.32 Å². The maximum atomic E-state index is 5.53. The van der Waals surface area contributed by atoms with Gasteiger partial charge in [-0.3, -0.25) is 4.99 Å². The van der Waals surface area contributed by atoms with Crippen molar-refractivity contribution in [3.05, 3.63) is 35.9 Å². The number of aliphatic imine (C=N–C) groups is 1. The molecule has 1 aromatic carbocycles. The van der Waals surface area contributed by atoms with Crippen LogP contribution < -0.4 is 5.32 Å². The standard InChI is InChI=1S/C7H7Cl.C3H6N2/c8-6-7-4-2-1-3-5-7;1-2-5-3-4-1/h1-5H,6H2;3H,1-2H2,(H,4,5). The van der Waals surface area contributed by atoms with Gasteiger partial charge in [0.15, 0.2) is 0 Å². The van der Waals surface area contributed by atoms with Crippen LogP contribution in [0.4, 0.5) is 0 Å². The summed E-state index contributed by atoms with van der Waals surface area (Å²) in [5.41, 5.74) is 1.18. The quantitative estimate of drug-likeness (QED) is 0.684. The number of benzene rings is 1. The average Bonchev–Trinajstić information content (AvgIpc) is 2.77. The Bertz CT molecular complexity index is 240. The van der Waals surface area contributed by atoms with Crippen LogP contribution >= 0.6 is 11.6 Å². The van der Waals surface area contributed by atoms with Crippen LogP contribution in [0.1, 0.15) is 5.56 Å². The van der Waals surface area contributed by atoms with E-state index in [-0.39, 0.29) is 0 Å². The number of nitrogens with zero attached hydrogens (tertiary/aromatic N) is 1. The Balaban J connectivity index is 0.000000145. The highest BCUT2D eigenvalue weighted by molar-refractivity contribution is 6.17. The second-order valence-corrected chi connectivity index (χ2v) is 2.88. The summed E-state index contributed by atoms with van der Waals surface area (Å²) in [7, 11) is 0. The van der Waals surface area contributed by atoms with Crippen molar-refractivity contribution in [3.8, 4) is 0 Å². The molecule has 0 amide bonds. The highest BCUT2D eigenvalue weighted by Crippen LogP contribution is 2.00. The van der Waals surface area contributed by atoms with E-state index in [9.17, 15) is 0 Å². The van der Waals surface area contributed by atoms with E-state index in [0.29, 0.717) is 5.88 Å². The van der Waals surface area contributed by atoms with E-state index in [2.05, 4.69) is 10.3 Å². The fourth-order valence-electron chi connectivity index (χ4n) is 0.890. The van der Waals surface area contributed by atoms with Crippen molar-refractivity contribution >= 4 is 17.9 Å². The molecular weight excluding hydrogens is 184 g/mol. The minimum absolute atomic E-state index is 0.612. The minimum Gasteiger partial charge on any atom is -0.375 e. The van der Waals surface area contributed by atoms with Gasteiger partial charge in [0.05, 0.1) is 12.9 Å². The molecule has 0 spiro atoms. The second-order valence-electron chi connectivity index (χ2n) is 2.61. The van der Waals surface area contributed by atoms with Gasteiger partial charge in [-0.2, -0.15) is 0 Å². The Hall–Kier alpha value is -1.02. The fourth-order valence-corrected chi connectivity index (χ4v) is 1.07. The predicted octanol–water partition coefficient (Wildman–Crippen LogP) is 2.04. The SMILES string of the molecule is C1=NCCN1.ClCc1ccccc1. The first-order valence-electron chi connectivity index (χ1n) is 4.25. The van der Waals surface area contributed by atoms with E-state index < -0.39 is 0 Å². The molecule has 1 aliphatic heterocycles. The summed E-state index contributed by atoms with van der Waals surface area (Å²) in [4.78, 5) is 3.85. The summed E-state index contributed by atoms with van der Waals surface area (Å²) >= 11 is 5.53. The van der Waals surface area contributed by atoms with Crippen molar-refractivity contribution in [2.45, 2.75) is 5.88 Å². The van der Waals surface area contributed by atoms with E-state index in [0.717, 1.165) is 13.1 Å². The first-order valence-corrected chi connectivity index (χ1v) is 4.78. The number of hydrogen-bond donors (Lipinski definition) is 1. The van der Waals surface area contributed by atoms with Crippen molar-refractivity contribution in [2.75, 3.05) is 13.1 Å². The molecule has 0 atom stereocenters. The fraction of sp³-hybridized carbons (Fsp3) is 0.300. The Morgan fingerprint density at radius 1 is 1.31 bits per heavy atom. The van der Waals surface area contributed by atoms with Crippen LogP contribution in [-0.4, -0.2) is 19.4 Å². The van der Waals surface area contributed by atoms with Gasteiger partial charge in [-0.1, -0.05) is 30.3 Å². The van der Waals surface area contributed by atoms with Gasteiger partial charge in [-0.05, 0) is 5.56 Å². The molecule has 1 aromatic rings. The maximum Gasteiger partial charge on any atom is 0.0825 e. The molecule has 1 heterocycles. The highest BCUT2D eigenvalue weighted by Gasteiger charge is 1.82. The van der Waals surface area contributed by atoms with Gasteiger partial charge in [0, 0.05) is 12.4 Å². The van der Waals surface area contributed by atoms with Crippen LogP contribution in [0, 0.1) is 0 Å². The Morgan fingerprint density at radius 3 is 2.38 bits per heavy atom. The topological polar surface area (TPSA) is 24.4 Å². The molecule has 70 valence electrons. The van der Waals surface area contributed by atoms with E-state index in [4.69, 9.17) is 11.6 Å². The Labute approximate surface area is 83.6 Å². The monoisotopic (exact) mass is 196 g/mol. The van der Waals surface area contributed by atoms with E-state index >= 15 is 0 Å². The summed E-state index contributed by atoms with van der Waals surface area (Å²) in [6.07, 6.45) is 1.74. The molecule has 13 heavy (non-hydrogen) atoms. The normalized spacial score (nSPS) is 13.0. The molecule has 0 saturated carbocycles. The molecule has 1 N–H and O–H groups in total. The van der Waals surface area contributed by atoms with Crippen molar-refractivity contribution in [1.82, 2.24) is 5.32 Å². The summed E-state index contributed by atoms with van der Waals surface area (Å²) in [6, 6.07) is 9.96. The summed E-state index contributed by atoms with van der Waals surface area (Å²) in [5.74, 6) is 0.612.